The number of phenols is 1. The lowest BCUT2D eigenvalue weighted by atomic mass is 9.90. The molecule has 112 valence electrons. The van der Waals surface area contributed by atoms with Crippen LogP contribution in [0.25, 0.3) is 0 Å². The van der Waals surface area contributed by atoms with E-state index < -0.39 is 0 Å². The monoisotopic (exact) mass is 316 g/mol. The molecule has 0 radical (unpaired) electrons. The van der Waals surface area contributed by atoms with Gasteiger partial charge in [0.2, 0.25) is 0 Å². The number of nitrogens with one attached hydrogen (secondary N) is 1. The second-order valence-electron chi connectivity index (χ2n) is 5.44. The molecule has 0 aliphatic carbocycles. The van der Waals surface area contributed by atoms with Crippen molar-refractivity contribution < 1.29 is 5.11 Å². The molecule has 2 N–H and O–H groups in total. The largest absolute Gasteiger partial charge is 0.506 e. The van der Waals surface area contributed by atoms with Gasteiger partial charge in [-0.1, -0.05) is 43.5 Å². The standard InChI is InChI=1S/C15H22Cl2N2O/c1-3-10(2)14(19-6-4-18-5-7-19)12-8-11(16)9-13(17)15(12)20/h8-10,14,18,20H,3-7H2,1-2H3/t10?,14-/m0/s1. The molecule has 1 saturated heterocycles. The first-order valence-electron chi connectivity index (χ1n) is 7.17. The van der Waals surface area contributed by atoms with E-state index in [0.717, 1.165) is 38.2 Å². The van der Waals surface area contributed by atoms with Crippen molar-refractivity contribution in [3.63, 3.8) is 0 Å². The van der Waals surface area contributed by atoms with E-state index in [1.165, 1.54) is 0 Å². The highest BCUT2D eigenvalue weighted by Crippen LogP contribution is 2.41. The van der Waals surface area contributed by atoms with Crippen molar-refractivity contribution in [2.24, 2.45) is 5.92 Å². The molecule has 1 unspecified atom stereocenters. The topological polar surface area (TPSA) is 35.5 Å². The number of hydrogen-bond donors (Lipinski definition) is 2. The second kappa shape index (κ2) is 6.99. The summed E-state index contributed by atoms with van der Waals surface area (Å²) in [5.41, 5.74) is 0.846. The molecule has 1 heterocycles. The predicted octanol–water partition coefficient (Wildman–Crippen LogP) is 3.69. The van der Waals surface area contributed by atoms with E-state index in [4.69, 9.17) is 23.2 Å². The van der Waals surface area contributed by atoms with Crippen molar-refractivity contribution in [3.8, 4) is 5.75 Å². The van der Waals surface area contributed by atoms with Gasteiger partial charge in [-0.25, -0.2) is 0 Å². The lowest BCUT2D eigenvalue weighted by Gasteiger charge is -2.38. The molecule has 0 spiro atoms. The average Bonchev–Trinajstić information content (AvgIpc) is 2.45. The summed E-state index contributed by atoms with van der Waals surface area (Å²) in [5.74, 6) is 0.591. The minimum absolute atomic E-state index is 0.151. The van der Waals surface area contributed by atoms with Gasteiger partial charge in [0.25, 0.3) is 0 Å². The highest BCUT2D eigenvalue weighted by Gasteiger charge is 2.29. The van der Waals surface area contributed by atoms with Crippen LogP contribution in [-0.4, -0.2) is 36.2 Å². The number of halogens is 2. The smallest absolute Gasteiger partial charge is 0.139 e. The molecule has 3 nitrogen and oxygen atoms in total. The highest BCUT2D eigenvalue weighted by atomic mass is 35.5. The van der Waals surface area contributed by atoms with E-state index in [-0.39, 0.29) is 11.8 Å². The molecule has 1 aromatic rings. The quantitative estimate of drug-likeness (QED) is 0.889. The van der Waals surface area contributed by atoms with E-state index in [1.54, 1.807) is 6.07 Å². The van der Waals surface area contributed by atoms with Gasteiger partial charge in [-0.3, -0.25) is 4.90 Å². The Bertz CT molecular complexity index is 461. The van der Waals surface area contributed by atoms with Crippen molar-refractivity contribution in [2.45, 2.75) is 26.3 Å². The fraction of sp³-hybridized carbons (Fsp3) is 0.600. The summed E-state index contributed by atoms with van der Waals surface area (Å²) in [6, 6.07) is 3.59. The van der Waals surface area contributed by atoms with Crippen molar-refractivity contribution in [1.82, 2.24) is 10.2 Å². The minimum atomic E-state index is 0.151. The zero-order chi connectivity index (χ0) is 14.7. The van der Waals surface area contributed by atoms with Gasteiger partial charge in [-0.05, 0) is 18.1 Å². The highest BCUT2D eigenvalue weighted by molar-refractivity contribution is 6.35. The average molecular weight is 317 g/mol. The van der Waals surface area contributed by atoms with E-state index in [1.807, 2.05) is 6.07 Å². The first-order valence-corrected chi connectivity index (χ1v) is 7.92. The maximum atomic E-state index is 10.3. The van der Waals surface area contributed by atoms with Gasteiger partial charge >= 0.3 is 0 Å². The van der Waals surface area contributed by atoms with Crippen LogP contribution in [0.1, 0.15) is 31.9 Å². The summed E-state index contributed by atoms with van der Waals surface area (Å²) in [4.78, 5) is 2.41. The Balaban J connectivity index is 2.40. The normalized spacial score (nSPS) is 19.8. The lowest BCUT2D eigenvalue weighted by molar-refractivity contribution is 0.126. The molecule has 0 amide bonds. The summed E-state index contributed by atoms with van der Waals surface area (Å²) in [5, 5.41) is 14.6. The third-order valence-electron chi connectivity index (χ3n) is 4.10. The van der Waals surface area contributed by atoms with Crippen LogP contribution in [0, 0.1) is 5.92 Å². The van der Waals surface area contributed by atoms with E-state index in [2.05, 4.69) is 24.1 Å². The molecule has 0 aromatic heterocycles. The summed E-state index contributed by atoms with van der Waals surface area (Å²) in [7, 11) is 0. The maximum absolute atomic E-state index is 10.3. The van der Waals surface area contributed by atoms with Gasteiger partial charge in [-0.15, -0.1) is 0 Å². The zero-order valence-corrected chi connectivity index (χ0v) is 13.5. The molecule has 1 aliphatic heterocycles. The molecule has 1 aromatic carbocycles. The van der Waals surface area contributed by atoms with Gasteiger partial charge in [-0.2, -0.15) is 0 Å². The maximum Gasteiger partial charge on any atom is 0.139 e. The van der Waals surface area contributed by atoms with Crippen LogP contribution in [0.4, 0.5) is 0 Å². The van der Waals surface area contributed by atoms with Crippen LogP contribution in [0.3, 0.4) is 0 Å². The Morgan fingerprint density at radius 2 is 1.95 bits per heavy atom. The third kappa shape index (κ3) is 3.40. The minimum Gasteiger partial charge on any atom is -0.506 e. The Morgan fingerprint density at radius 1 is 1.30 bits per heavy atom. The first-order chi connectivity index (χ1) is 9.54. The van der Waals surface area contributed by atoms with Gasteiger partial charge in [0.05, 0.1) is 5.02 Å². The van der Waals surface area contributed by atoms with Crippen LogP contribution < -0.4 is 5.32 Å². The SMILES string of the molecule is CCC(C)[C@@H](c1cc(Cl)cc(Cl)c1O)N1CCNCC1. The van der Waals surface area contributed by atoms with Crippen LogP contribution in [0.5, 0.6) is 5.75 Å². The fourth-order valence-corrected chi connectivity index (χ4v) is 3.37. The van der Waals surface area contributed by atoms with Crippen LogP contribution in [0.15, 0.2) is 12.1 Å². The molecular formula is C15H22Cl2N2O. The number of rotatable bonds is 4. The Hall–Kier alpha value is -0.480. The number of piperazine rings is 1. The van der Waals surface area contributed by atoms with Crippen LogP contribution in [-0.2, 0) is 0 Å². The van der Waals surface area contributed by atoms with Crippen molar-refractivity contribution >= 4 is 23.2 Å². The van der Waals surface area contributed by atoms with Crippen molar-refractivity contribution in [1.29, 1.82) is 0 Å². The number of nitrogens with zero attached hydrogens (tertiary/aromatic N) is 1. The zero-order valence-electron chi connectivity index (χ0n) is 12.0. The molecule has 1 fully saturated rings. The lowest BCUT2D eigenvalue weighted by Crippen LogP contribution is -2.46. The van der Waals surface area contributed by atoms with Gasteiger partial charge in [0, 0.05) is 42.8 Å². The summed E-state index contributed by atoms with van der Waals surface area (Å²) >= 11 is 12.2. The molecule has 2 atom stereocenters. The molecule has 20 heavy (non-hydrogen) atoms. The third-order valence-corrected chi connectivity index (χ3v) is 4.61. The number of phenolic OH excluding ortho intramolecular Hbond substituents is 1. The van der Waals surface area contributed by atoms with Crippen LogP contribution in [0.2, 0.25) is 10.0 Å². The number of benzene rings is 1. The number of aromatic hydroxyl groups is 1. The first kappa shape index (κ1) is 15.9. The number of hydrogen-bond acceptors (Lipinski definition) is 3. The summed E-state index contributed by atoms with van der Waals surface area (Å²) in [6.07, 6.45) is 1.04. The van der Waals surface area contributed by atoms with E-state index in [9.17, 15) is 5.11 Å². The summed E-state index contributed by atoms with van der Waals surface area (Å²) in [6.45, 7) is 8.27. The second-order valence-corrected chi connectivity index (χ2v) is 6.29. The van der Waals surface area contributed by atoms with E-state index >= 15 is 0 Å². The van der Waals surface area contributed by atoms with Crippen LogP contribution >= 0.6 is 23.2 Å². The van der Waals surface area contributed by atoms with E-state index in [0.29, 0.717) is 16.0 Å². The Kier molecular flexibility index (Phi) is 5.56. The Morgan fingerprint density at radius 3 is 2.55 bits per heavy atom. The molecule has 0 bridgehead atoms. The summed E-state index contributed by atoms with van der Waals surface area (Å²) < 4.78 is 0. The predicted molar refractivity (Wildman–Crippen MR) is 84.8 cm³/mol. The molecule has 2 rings (SSSR count). The molecule has 0 saturated carbocycles. The Labute approximate surface area is 130 Å². The molecule has 5 heteroatoms. The van der Waals surface area contributed by atoms with Crippen molar-refractivity contribution in [2.75, 3.05) is 26.2 Å². The van der Waals surface area contributed by atoms with Gasteiger partial charge in [0.15, 0.2) is 0 Å². The van der Waals surface area contributed by atoms with Gasteiger partial charge in [0.1, 0.15) is 5.75 Å². The fourth-order valence-electron chi connectivity index (χ4n) is 2.86. The molecule has 1 aliphatic rings. The van der Waals surface area contributed by atoms with Gasteiger partial charge < -0.3 is 10.4 Å². The van der Waals surface area contributed by atoms with Crippen molar-refractivity contribution in [3.05, 3.63) is 27.7 Å². The molecular weight excluding hydrogens is 295 g/mol.